The number of rotatable bonds is 4. The summed E-state index contributed by atoms with van der Waals surface area (Å²) in [4.78, 5) is 13.1. The minimum Gasteiger partial charge on any atom is -0.497 e. The molecule has 1 heterocycles. The maximum atomic E-state index is 11.1. The molecule has 1 fully saturated rings. The van der Waals surface area contributed by atoms with Gasteiger partial charge in [0, 0.05) is 19.6 Å². The Kier molecular flexibility index (Phi) is 3.54. The summed E-state index contributed by atoms with van der Waals surface area (Å²) in [7, 11) is 1.63. The molecule has 1 aliphatic rings. The second-order valence-electron chi connectivity index (χ2n) is 4.77. The molecule has 1 unspecified atom stereocenters. The van der Waals surface area contributed by atoms with E-state index in [0.717, 1.165) is 11.3 Å². The topological polar surface area (TPSA) is 75.8 Å². The molecule has 1 aliphatic heterocycles. The first kappa shape index (κ1) is 12.9. The van der Waals surface area contributed by atoms with Crippen LogP contribution in [0.15, 0.2) is 24.3 Å². The number of carboxylic acids is 1. The van der Waals surface area contributed by atoms with Crippen LogP contribution in [-0.4, -0.2) is 41.7 Å². The van der Waals surface area contributed by atoms with Crippen molar-refractivity contribution in [3.05, 3.63) is 29.8 Å². The van der Waals surface area contributed by atoms with Crippen LogP contribution in [0.2, 0.25) is 0 Å². The van der Waals surface area contributed by atoms with Crippen LogP contribution in [0.1, 0.15) is 12.0 Å². The van der Waals surface area contributed by atoms with E-state index >= 15 is 0 Å². The molecular formula is C13H18N2O3. The molecule has 0 aliphatic carbocycles. The number of aliphatic carboxylic acids is 1. The van der Waals surface area contributed by atoms with Crippen molar-refractivity contribution in [1.29, 1.82) is 0 Å². The molecule has 0 amide bonds. The average molecular weight is 250 g/mol. The molecule has 0 saturated carbocycles. The van der Waals surface area contributed by atoms with Crippen molar-refractivity contribution in [2.75, 3.05) is 20.2 Å². The van der Waals surface area contributed by atoms with Crippen molar-refractivity contribution in [2.24, 2.45) is 5.73 Å². The highest BCUT2D eigenvalue weighted by Gasteiger charge is 2.40. The maximum absolute atomic E-state index is 11.1. The van der Waals surface area contributed by atoms with E-state index in [-0.39, 0.29) is 0 Å². The number of benzene rings is 1. The first-order valence-electron chi connectivity index (χ1n) is 5.91. The van der Waals surface area contributed by atoms with Crippen LogP contribution >= 0.6 is 0 Å². The van der Waals surface area contributed by atoms with E-state index in [9.17, 15) is 4.79 Å². The number of carboxylic acid groups (broad SMARTS) is 1. The fourth-order valence-electron chi connectivity index (χ4n) is 2.25. The molecule has 98 valence electrons. The van der Waals surface area contributed by atoms with Gasteiger partial charge in [-0.15, -0.1) is 0 Å². The lowest BCUT2D eigenvalue weighted by Crippen LogP contribution is -2.50. The Morgan fingerprint density at radius 2 is 2.39 bits per heavy atom. The lowest BCUT2D eigenvalue weighted by atomic mass is 10.0. The number of carbonyl (C=O) groups is 1. The summed E-state index contributed by atoms with van der Waals surface area (Å²) in [6.07, 6.45) is 0.492. The van der Waals surface area contributed by atoms with Crippen LogP contribution in [0, 0.1) is 0 Å². The molecule has 5 heteroatoms. The minimum absolute atomic E-state index is 0.388. The number of ether oxygens (including phenoxy) is 1. The number of methoxy groups -OCH3 is 1. The van der Waals surface area contributed by atoms with Crippen LogP contribution in [-0.2, 0) is 11.3 Å². The summed E-state index contributed by atoms with van der Waals surface area (Å²) in [5.41, 5.74) is 5.84. The van der Waals surface area contributed by atoms with Crippen LogP contribution < -0.4 is 10.5 Å². The van der Waals surface area contributed by atoms with Crippen molar-refractivity contribution in [1.82, 2.24) is 4.90 Å². The number of hydrogen-bond donors (Lipinski definition) is 2. The summed E-state index contributed by atoms with van der Waals surface area (Å²) in [5, 5.41) is 9.07. The summed E-state index contributed by atoms with van der Waals surface area (Å²) in [6, 6.07) is 7.77. The molecule has 2 rings (SSSR count). The molecular weight excluding hydrogens is 232 g/mol. The van der Waals surface area contributed by atoms with Gasteiger partial charge in [-0.3, -0.25) is 9.69 Å². The molecule has 1 atom stereocenters. The monoisotopic (exact) mass is 250 g/mol. The third kappa shape index (κ3) is 2.63. The molecule has 0 aromatic heterocycles. The maximum Gasteiger partial charge on any atom is 0.325 e. The summed E-state index contributed by atoms with van der Waals surface area (Å²) in [5.74, 6) is -0.111. The van der Waals surface area contributed by atoms with E-state index in [1.54, 1.807) is 7.11 Å². The molecule has 0 spiro atoms. The Bertz CT molecular complexity index is 450. The van der Waals surface area contributed by atoms with Gasteiger partial charge in [0.25, 0.3) is 0 Å². The zero-order valence-corrected chi connectivity index (χ0v) is 10.4. The minimum atomic E-state index is -1.10. The van der Waals surface area contributed by atoms with Gasteiger partial charge in [-0.2, -0.15) is 0 Å². The van der Waals surface area contributed by atoms with Gasteiger partial charge in [0.1, 0.15) is 11.3 Å². The van der Waals surface area contributed by atoms with Gasteiger partial charge in [0.2, 0.25) is 0 Å². The highest BCUT2D eigenvalue weighted by molar-refractivity contribution is 5.79. The van der Waals surface area contributed by atoms with Gasteiger partial charge in [0.15, 0.2) is 0 Å². The Morgan fingerprint density at radius 1 is 1.61 bits per heavy atom. The van der Waals surface area contributed by atoms with Gasteiger partial charge in [-0.05, 0) is 24.1 Å². The normalized spacial score (nSPS) is 24.1. The molecule has 0 radical (unpaired) electrons. The second kappa shape index (κ2) is 4.96. The van der Waals surface area contributed by atoms with Crippen LogP contribution in [0.5, 0.6) is 5.75 Å². The highest BCUT2D eigenvalue weighted by atomic mass is 16.5. The number of likely N-dealkylation sites (tertiary alicyclic amines) is 1. The molecule has 1 aromatic rings. The van der Waals surface area contributed by atoms with E-state index in [4.69, 9.17) is 15.6 Å². The zero-order valence-electron chi connectivity index (χ0n) is 10.4. The van der Waals surface area contributed by atoms with Crippen molar-refractivity contribution in [3.63, 3.8) is 0 Å². The van der Waals surface area contributed by atoms with E-state index in [1.165, 1.54) is 0 Å². The lowest BCUT2D eigenvalue weighted by Gasteiger charge is -2.20. The largest absolute Gasteiger partial charge is 0.497 e. The number of hydrogen-bond acceptors (Lipinski definition) is 4. The molecule has 1 aromatic carbocycles. The van der Waals surface area contributed by atoms with Crippen molar-refractivity contribution >= 4 is 5.97 Å². The SMILES string of the molecule is COc1cccc(CN2CCC(N)(C(=O)O)C2)c1. The van der Waals surface area contributed by atoms with E-state index in [2.05, 4.69) is 4.90 Å². The smallest absolute Gasteiger partial charge is 0.325 e. The molecule has 0 bridgehead atoms. The van der Waals surface area contributed by atoms with Crippen molar-refractivity contribution < 1.29 is 14.6 Å². The van der Waals surface area contributed by atoms with Gasteiger partial charge in [-0.25, -0.2) is 0 Å². The van der Waals surface area contributed by atoms with Crippen molar-refractivity contribution in [2.45, 2.75) is 18.5 Å². The summed E-state index contributed by atoms with van der Waals surface area (Å²) in [6.45, 7) is 1.79. The van der Waals surface area contributed by atoms with Crippen molar-refractivity contribution in [3.8, 4) is 5.75 Å². The molecule has 3 N–H and O–H groups in total. The summed E-state index contributed by atoms with van der Waals surface area (Å²) >= 11 is 0. The van der Waals surface area contributed by atoms with Gasteiger partial charge in [-0.1, -0.05) is 12.1 Å². The zero-order chi connectivity index (χ0) is 13.2. The van der Waals surface area contributed by atoms with E-state index < -0.39 is 11.5 Å². The summed E-state index contributed by atoms with van der Waals surface area (Å²) < 4.78 is 5.16. The first-order chi connectivity index (χ1) is 8.53. The Morgan fingerprint density at radius 3 is 3.00 bits per heavy atom. The second-order valence-corrected chi connectivity index (χ2v) is 4.77. The van der Waals surface area contributed by atoms with Crippen LogP contribution in [0.25, 0.3) is 0 Å². The Labute approximate surface area is 106 Å². The standard InChI is InChI=1S/C13H18N2O3/c1-18-11-4-2-3-10(7-11)8-15-6-5-13(14,9-15)12(16)17/h2-4,7H,5-6,8-9,14H2,1H3,(H,16,17). The first-order valence-corrected chi connectivity index (χ1v) is 5.91. The van der Waals surface area contributed by atoms with Crippen LogP contribution in [0.4, 0.5) is 0 Å². The predicted octanol–water partition coefficient (Wildman–Crippen LogP) is 0.683. The van der Waals surface area contributed by atoms with Gasteiger partial charge < -0.3 is 15.6 Å². The highest BCUT2D eigenvalue weighted by Crippen LogP contribution is 2.22. The third-order valence-corrected chi connectivity index (χ3v) is 3.35. The fraction of sp³-hybridized carbons (Fsp3) is 0.462. The average Bonchev–Trinajstić information content (AvgIpc) is 2.72. The number of nitrogens with zero attached hydrogens (tertiary/aromatic N) is 1. The predicted molar refractivity (Wildman–Crippen MR) is 67.4 cm³/mol. The molecule has 1 saturated heterocycles. The van der Waals surface area contributed by atoms with Crippen LogP contribution in [0.3, 0.4) is 0 Å². The molecule has 18 heavy (non-hydrogen) atoms. The molecule has 5 nitrogen and oxygen atoms in total. The Hall–Kier alpha value is -1.59. The third-order valence-electron chi connectivity index (χ3n) is 3.35. The number of nitrogens with two attached hydrogens (primary N) is 1. The quantitative estimate of drug-likeness (QED) is 0.822. The fourth-order valence-corrected chi connectivity index (χ4v) is 2.25. The van der Waals surface area contributed by atoms with E-state index in [0.29, 0.717) is 26.1 Å². The lowest BCUT2D eigenvalue weighted by molar-refractivity contribution is -0.142. The van der Waals surface area contributed by atoms with Gasteiger partial charge >= 0.3 is 5.97 Å². The van der Waals surface area contributed by atoms with Gasteiger partial charge in [0.05, 0.1) is 7.11 Å². The van der Waals surface area contributed by atoms with E-state index in [1.807, 2.05) is 24.3 Å². The Balaban J connectivity index is 2.01.